The highest BCUT2D eigenvalue weighted by Gasteiger charge is 2.45. The van der Waals surface area contributed by atoms with E-state index in [1.54, 1.807) is 18.3 Å². The topological polar surface area (TPSA) is 62.3 Å². The molecule has 2 unspecified atom stereocenters. The number of hydrogen-bond acceptors (Lipinski definition) is 4. The minimum absolute atomic E-state index is 0.260. The highest BCUT2D eigenvalue weighted by atomic mass is 35.5. The smallest absolute Gasteiger partial charge is 0.329 e. The molecule has 0 bridgehead atoms. The highest BCUT2D eigenvalue weighted by molar-refractivity contribution is 8.09. The van der Waals surface area contributed by atoms with E-state index in [0.29, 0.717) is 11.3 Å². The number of aromatic nitrogens is 1. The third-order valence-electron chi connectivity index (χ3n) is 4.95. The zero-order valence-electron chi connectivity index (χ0n) is 14.8. The Bertz CT molecular complexity index is 1210. The number of benzene rings is 2. The summed E-state index contributed by atoms with van der Waals surface area (Å²) in [4.78, 5) is 32.1. The molecule has 8 heteroatoms. The molecule has 0 saturated carbocycles. The Hall–Kier alpha value is -2.90. The van der Waals surface area contributed by atoms with E-state index in [4.69, 9.17) is 11.6 Å². The van der Waals surface area contributed by atoms with Gasteiger partial charge in [-0.25, -0.2) is 14.1 Å². The zero-order valence-corrected chi connectivity index (χ0v) is 16.4. The van der Waals surface area contributed by atoms with Crippen LogP contribution in [0.4, 0.5) is 14.9 Å². The number of urea groups is 1. The van der Waals surface area contributed by atoms with Crippen molar-refractivity contribution in [3.8, 4) is 0 Å². The van der Waals surface area contributed by atoms with Crippen molar-refractivity contribution >= 4 is 56.7 Å². The van der Waals surface area contributed by atoms with Gasteiger partial charge in [-0.15, -0.1) is 11.8 Å². The molecule has 5 nitrogen and oxygen atoms in total. The molecule has 3 aromatic rings. The summed E-state index contributed by atoms with van der Waals surface area (Å²) in [5.41, 5.74) is 1.07. The van der Waals surface area contributed by atoms with Crippen LogP contribution >= 0.6 is 23.4 Å². The number of halogens is 2. The van der Waals surface area contributed by atoms with E-state index >= 15 is 0 Å². The van der Waals surface area contributed by atoms with Gasteiger partial charge >= 0.3 is 6.03 Å². The number of carbonyl (C=O) groups excluding carboxylic acids is 2. The maximum Gasteiger partial charge on any atom is 0.329 e. The molecule has 1 saturated heterocycles. The number of thioether (sulfide) groups is 1. The van der Waals surface area contributed by atoms with Crippen molar-refractivity contribution in [2.45, 2.75) is 11.3 Å². The molecule has 0 aliphatic carbocycles. The third kappa shape index (κ3) is 2.97. The number of nitrogens with one attached hydrogen (secondary N) is 1. The fraction of sp³-hybridized carbons (Fsp3) is 0.0952. The van der Waals surface area contributed by atoms with Gasteiger partial charge in [0.15, 0.2) is 0 Å². The molecule has 2 aliphatic heterocycles. The van der Waals surface area contributed by atoms with Gasteiger partial charge in [-0.05, 0) is 24.3 Å². The van der Waals surface area contributed by atoms with E-state index < -0.39 is 23.1 Å². The van der Waals surface area contributed by atoms with Crippen LogP contribution in [0.1, 0.15) is 5.56 Å². The van der Waals surface area contributed by atoms with Gasteiger partial charge < -0.3 is 5.32 Å². The van der Waals surface area contributed by atoms with Crippen LogP contribution in [0.5, 0.6) is 0 Å². The Balaban J connectivity index is 1.51. The number of amides is 3. The first-order valence-electron chi connectivity index (χ1n) is 8.84. The van der Waals surface area contributed by atoms with E-state index in [-0.39, 0.29) is 10.9 Å². The summed E-state index contributed by atoms with van der Waals surface area (Å²) >= 11 is 7.49. The highest BCUT2D eigenvalue weighted by Crippen LogP contribution is 2.44. The first kappa shape index (κ1) is 18.1. The number of imide groups is 1. The molecule has 144 valence electrons. The Labute approximate surface area is 174 Å². The lowest BCUT2D eigenvalue weighted by molar-refractivity contribution is -0.118. The van der Waals surface area contributed by atoms with Crippen LogP contribution in [-0.4, -0.2) is 28.2 Å². The van der Waals surface area contributed by atoms with Crippen LogP contribution in [0.3, 0.4) is 0 Å². The van der Waals surface area contributed by atoms with E-state index in [2.05, 4.69) is 10.3 Å². The predicted molar refractivity (Wildman–Crippen MR) is 112 cm³/mol. The van der Waals surface area contributed by atoms with Gasteiger partial charge in [0.2, 0.25) is 0 Å². The second-order valence-electron chi connectivity index (χ2n) is 6.72. The maximum atomic E-state index is 13.4. The number of nitrogens with zero attached hydrogens (tertiary/aromatic N) is 2. The SMILES string of the molecule is O=C1NC2C=C(c3ccc(F)cc3Cl)SC2C(=O)N1c1cncc2ccccc12. The van der Waals surface area contributed by atoms with Crippen molar-refractivity contribution < 1.29 is 14.0 Å². The second kappa shape index (κ2) is 6.86. The van der Waals surface area contributed by atoms with Gasteiger partial charge in [-0.1, -0.05) is 35.9 Å². The number of hydrogen-bond donors (Lipinski definition) is 1. The third-order valence-corrected chi connectivity index (χ3v) is 6.62. The van der Waals surface area contributed by atoms with E-state index in [1.165, 1.54) is 30.1 Å². The summed E-state index contributed by atoms with van der Waals surface area (Å²) in [6.45, 7) is 0. The number of anilines is 1. The minimum atomic E-state index is -0.539. The van der Waals surface area contributed by atoms with Crippen molar-refractivity contribution in [3.63, 3.8) is 0 Å². The zero-order chi connectivity index (χ0) is 20.1. The minimum Gasteiger partial charge on any atom is -0.329 e. The average molecular weight is 426 g/mol. The van der Waals surface area contributed by atoms with Crippen molar-refractivity contribution in [3.05, 3.63) is 77.3 Å². The molecule has 29 heavy (non-hydrogen) atoms. The van der Waals surface area contributed by atoms with Crippen LogP contribution in [-0.2, 0) is 4.79 Å². The number of rotatable bonds is 2. The van der Waals surface area contributed by atoms with Crippen molar-refractivity contribution in [1.82, 2.24) is 10.3 Å². The molecule has 0 radical (unpaired) electrons. The summed E-state index contributed by atoms with van der Waals surface area (Å²) < 4.78 is 13.4. The first-order chi connectivity index (χ1) is 14.0. The molecular formula is C21H13ClFN3O2S. The second-order valence-corrected chi connectivity index (χ2v) is 8.31. The quantitative estimate of drug-likeness (QED) is 0.651. The molecule has 5 rings (SSSR count). The fourth-order valence-corrected chi connectivity index (χ4v) is 5.23. The molecule has 2 aliphatic rings. The van der Waals surface area contributed by atoms with Crippen molar-refractivity contribution in [2.24, 2.45) is 0 Å². The molecule has 3 heterocycles. The van der Waals surface area contributed by atoms with Crippen LogP contribution in [0.25, 0.3) is 15.7 Å². The lowest BCUT2D eigenvalue weighted by Gasteiger charge is -2.33. The van der Waals surface area contributed by atoms with Crippen LogP contribution in [0.15, 0.2) is 60.9 Å². The normalized spacial score (nSPS) is 21.2. The van der Waals surface area contributed by atoms with E-state index in [1.807, 2.05) is 24.3 Å². The average Bonchev–Trinajstić information content (AvgIpc) is 3.12. The van der Waals surface area contributed by atoms with Gasteiger partial charge in [0.25, 0.3) is 5.91 Å². The number of pyridine rings is 1. The predicted octanol–water partition coefficient (Wildman–Crippen LogP) is 4.61. The molecule has 2 atom stereocenters. The maximum absolute atomic E-state index is 13.4. The van der Waals surface area contributed by atoms with Gasteiger partial charge in [0.1, 0.15) is 11.1 Å². The van der Waals surface area contributed by atoms with E-state index in [0.717, 1.165) is 20.6 Å². The lowest BCUT2D eigenvalue weighted by Crippen LogP contribution is -2.60. The van der Waals surface area contributed by atoms with Gasteiger partial charge in [0, 0.05) is 27.4 Å². The number of fused-ring (bicyclic) bond motifs is 2. The summed E-state index contributed by atoms with van der Waals surface area (Å²) in [5, 5.41) is 4.20. The standard InChI is InChI=1S/C21H13ClFN3O2S/c22-15-7-12(23)5-6-14(15)18-8-16-19(29-18)20(27)26(21(28)25-16)17-10-24-9-11-3-1-2-4-13(11)17/h1-10,16,19H,(H,25,28). The van der Waals surface area contributed by atoms with E-state index in [9.17, 15) is 14.0 Å². The lowest BCUT2D eigenvalue weighted by atomic mass is 10.1. The molecule has 1 N–H and O–H groups in total. The molecular weight excluding hydrogens is 413 g/mol. The fourth-order valence-electron chi connectivity index (χ4n) is 3.61. The molecule has 0 spiro atoms. The number of carbonyl (C=O) groups is 2. The van der Waals surface area contributed by atoms with Gasteiger partial charge in [-0.2, -0.15) is 0 Å². The Morgan fingerprint density at radius 3 is 2.79 bits per heavy atom. The first-order valence-corrected chi connectivity index (χ1v) is 10.1. The molecule has 3 amide bonds. The summed E-state index contributed by atoms with van der Waals surface area (Å²) in [6, 6.07) is 10.6. The Kier molecular flexibility index (Phi) is 4.29. The van der Waals surface area contributed by atoms with Crippen molar-refractivity contribution in [2.75, 3.05) is 4.90 Å². The summed E-state index contributed by atoms with van der Waals surface area (Å²) in [5.74, 6) is -0.759. The molecule has 1 fully saturated rings. The van der Waals surface area contributed by atoms with Crippen LogP contribution in [0, 0.1) is 5.82 Å². The Morgan fingerprint density at radius 1 is 1.14 bits per heavy atom. The van der Waals surface area contributed by atoms with Crippen LogP contribution in [0.2, 0.25) is 5.02 Å². The summed E-state index contributed by atoms with van der Waals surface area (Å²) in [6.07, 6.45) is 5.00. The van der Waals surface area contributed by atoms with Crippen LogP contribution < -0.4 is 10.2 Å². The van der Waals surface area contributed by atoms with Gasteiger partial charge in [-0.3, -0.25) is 9.78 Å². The van der Waals surface area contributed by atoms with Crippen molar-refractivity contribution in [1.29, 1.82) is 0 Å². The van der Waals surface area contributed by atoms with Gasteiger partial charge in [0.05, 0.1) is 22.9 Å². The molecule has 2 aromatic carbocycles. The molecule has 1 aromatic heterocycles. The summed E-state index contributed by atoms with van der Waals surface area (Å²) in [7, 11) is 0. The monoisotopic (exact) mass is 425 g/mol. The Morgan fingerprint density at radius 2 is 1.97 bits per heavy atom. The largest absolute Gasteiger partial charge is 0.329 e.